The number of nitrogens with zero attached hydrogens (tertiary/aromatic N) is 3. The number of hydrogen-bond donors (Lipinski definition) is 1. The van der Waals surface area contributed by atoms with Crippen molar-refractivity contribution in [1.82, 2.24) is 20.1 Å². The minimum absolute atomic E-state index is 0.0206. The second kappa shape index (κ2) is 7.87. The molecule has 1 N–H and O–H groups in total. The summed E-state index contributed by atoms with van der Waals surface area (Å²) in [5.41, 5.74) is 3.87. The first kappa shape index (κ1) is 17.0. The molecule has 1 aliphatic heterocycles. The quantitative estimate of drug-likeness (QED) is 0.925. The number of pyridine rings is 1. The molecule has 0 unspecified atom stereocenters. The van der Waals surface area contributed by atoms with E-state index in [1.54, 1.807) is 6.20 Å². The van der Waals surface area contributed by atoms with Gasteiger partial charge in [0.2, 0.25) is 0 Å². The van der Waals surface area contributed by atoms with E-state index < -0.39 is 0 Å². The normalized spacial score (nSPS) is 18.4. The van der Waals surface area contributed by atoms with E-state index in [1.807, 2.05) is 23.1 Å². The number of carbonyl (C=O) groups excluding carboxylic acids is 1. The van der Waals surface area contributed by atoms with E-state index in [9.17, 15) is 4.79 Å². The topological polar surface area (TPSA) is 48.5 Å². The van der Waals surface area contributed by atoms with E-state index >= 15 is 0 Å². The van der Waals surface area contributed by atoms with Crippen LogP contribution in [0.15, 0.2) is 48.7 Å². The van der Waals surface area contributed by atoms with Crippen molar-refractivity contribution in [2.75, 3.05) is 26.2 Å². The maximum absolute atomic E-state index is 12.5. The van der Waals surface area contributed by atoms with E-state index in [2.05, 4.69) is 39.5 Å². The first-order chi connectivity index (χ1) is 12.8. The lowest BCUT2D eigenvalue weighted by molar-refractivity contribution is 0.188. The van der Waals surface area contributed by atoms with Crippen LogP contribution in [-0.4, -0.2) is 53.0 Å². The lowest BCUT2D eigenvalue weighted by Gasteiger charge is -2.27. The number of aromatic nitrogens is 1. The molecule has 0 atom stereocenters. The Bertz CT molecular complexity index is 724. The molecular formula is C21H26N4O. The number of amides is 2. The number of urea groups is 1. The van der Waals surface area contributed by atoms with Gasteiger partial charge < -0.3 is 10.2 Å². The Kier molecular flexibility index (Phi) is 5.16. The van der Waals surface area contributed by atoms with Gasteiger partial charge in [0.15, 0.2) is 0 Å². The molecule has 2 heterocycles. The Balaban J connectivity index is 1.29. The van der Waals surface area contributed by atoms with Gasteiger partial charge in [0.25, 0.3) is 0 Å². The standard InChI is InChI=1S/C21H26N4O/c26-21(23-16-19-8-3-4-9-22-19)25-11-5-10-24(12-13-25)20-14-17-6-1-2-7-18(17)15-20/h1-4,6-9,20H,5,10-16H2,(H,23,26). The molecule has 136 valence electrons. The van der Waals surface area contributed by atoms with E-state index in [1.165, 1.54) is 11.1 Å². The Hall–Kier alpha value is -2.40. The van der Waals surface area contributed by atoms with Gasteiger partial charge in [0, 0.05) is 38.4 Å². The van der Waals surface area contributed by atoms with Crippen LogP contribution in [0.2, 0.25) is 0 Å². The fourth-order valence-electron chi connectivity index (χ4n) is 4.08. The molecule has 1 aromatic heterocycles. The van der Waals surface area contributed by atoms with E-state index in [-0.39, 0.29) is 6.03 Å². The first-order valence-corrected chi connectivity index (χ1v) is 9.53. The SMILES string of the molecule is O=C(NCc1ccccn1)N1CCCN(C2Cc3ccccc3C2)CC1. The minimum Gasteiger partial charge on any atom is -0.332 e. The summed E-state index contributed by atoms with van der Waals surface area (Å²) in [6.45, 7) is 4.13. The highest BCUT2D eigenvalue weighted by atomic mass is 16.2. The van der Waals surface area contributed by atoms with Gasteiger partial charge in [-0.15, -0.1) is 0 Å². The van der Waals surface area contributed by atoms with Crippen molar-refractivity contribution in [3.05, 3.63) is 65.5 Å². The highest BCUT2D eigenvalue weighted by molar-refractivity contribution is 5.74. The molecule has 0 bridgehead atoms. The molecule has 2 aliphatic rings. The number of fused-ring (bicyclic) bond motifs is 1. The van der Waals surface area contributed by atoms with E-state index in [0.29, 0.717) is 12.6 Å². The van der Waals surface area contributed by atoms with Crippen molar-refractivity contribution in [3.8, 4) is 0 Å². The molecule has 2 amide bonds. The minimum atomic E-state index is 0.0206. The zero-order valence-electron chi connectivity index (χ0n) is 15.1. The summed E-state index contributed by atoms with van der Waals surface area (Å²) in [5.74, 6) is 0. The molecular weight excluding hydrogens is 324 g/mol. The second-order valence-electron chi connectivity index (χ2n) is 7.19. The smallest absolute Gasteiger partial charge is 0.317 e. The number of rotatable bonds is 3. The van der Waals surface area contributed by atoms with Gasteiger partial charge in [-0.3, -0.25) is 9.88 Å². The van der Waals surface area contributed by atoms with Gasteiger partial charge >= 0.3 is 6.03 Å². The van der Waals surface area contributed by atoms with Crippen LogP contribution in [0.1, 0.15) is 23.2 Å². The van der Waals surface area contributed by atoms with Gasteiger partial charge in [-0.05, 0) is 42.5 Å². The highest BCUT2D eigenvalue weighted by Gasteiger charge is 2.28. The number of carbonyl (C=O) groups is 1. The maximum Gasteiger partial charge on any atom is 0.317 e. The maximum atomic E-state index is 12.5. The zero-order valence-corrected chi connectivity index (χ0v) is 15.1. The van der Waals surface area contributed by atoms with Crippen molar-refractivity contribution in [3.63, 3.8) is 0 Å². The molecule has 5 heteroatoms. The van der Waals surface area contributed by atoms with Crippen LogP contribution >= 0.6 is 0 Å². The molecule has 2 aromatic rings. The van der Waals surface area contributed by atoms with Crippen molar-refractivity contribution < 1.29 is 4.79 Å². The monoisotopic (exact) mass is 350 g/mol. The van der Waals surface area contributed by atoms with Gasteiger partial charge in [0.1, 0.15) is 0 Å². The van der Waals surface area contributed by atoms with Gasteiger partial charge in [-0.1, -0.05) is 30.3 Å². The van der Waals surface area contributed by atoms with Crippen LogP contribution in [0.5, 0.6) is 0 Å². The van der Waals surface area contributed by atoms with Crippen molar-refractivity contribution in [2.45, 2.75) is 31.8 Å². The molecule has 26 heavy (non-hydrogen) atoms. The molecule has 1 aromatic carbocycles. The van der Waals surface area contributed by atoms with E-state index in [0.717, 1.165) is 51.1 Å². The average molecular weight is 350 g/mol. The fraction of sp³-hybridized carbons (Fsp3) is 0.429. The molecule has 1 saturated heterocycles. The third-order valence-corrected chi connectivity index (χ3v) is 5.51. The fourth-order valence-corrected chi connectivity index (χ4v) is 4.08. The lowest BCUT2D eigenvalue weighted by Crippen LogP contribution is -2.43. The Morgan fingerprint density at radius 3 is 2.50 bits per heavy atom. The summed E-state index contributed by atoms with van der Waals surface area (Å²) in [5, 5.41) is 3.00. The molecule has 0 radical (unpaired) electrons. The summed E-state index contributed by atoms with van der Waals surface area (Å²) < 4.78 is 0. The first-order valence-electron chi connectivity index (χ1n) is 9.53. The lowest BCUT2D eigenvalue weighted by atomic mass is 10.1. The van der Waals surface area contributed by atoms with Crippen molar-refractivity contribution >= 4 is 6.03 Å². The molecule has 1 aliphatic carbocycles. The summed E-state index contributed by atoms with van der Waals surface area (Å²) in [7, 11) is 0. The van der Waals surface area contributed by atoms with Crippen molar-refractivity contribution in [2.24, 2.45) is 0 Å². The molecule has 0 saturated carbocycles. The van der Waals surface area contributed by atoms with E-state index in [4.69, 9.17) is 0 Å². The molecule has 4 rings (SSSR count). The van der Waals surface area contributed by atoms with Gasteiger partial charge in [-0.2, -0.15) is 0 Å². The van der Waals surface area contributed by atoms with Gasteiger partial charge in [-0.25, -0.2) is 4.79 Å². The Morgan fingerprint density at radius 2 is 1.77 bits per heavy atom. The number of nitrogens with one attached hydrogen (secondary N) is 1. The molecule has 1 fully saturated rings. The largest absolute Gasteiger partial charge is 0.332 e. The Labute approximate surface area is 155 Å². The molecule has 5 nitrogen and oxygen atoms in total. The molecule has 0 spiro atoms. The highest BCUT2D eigenvalue weighted by Crippen LogP contribution is 2.26. The Morgan fingerprint density at radius 1 is 1.00 bits per heavy atom. The number of benzene rings is 1. The second-order valence-corrected chi connectivity index (χ2v) is 7.19. The predicted octanol–water partition coefficient (Wildman–Crippen LogP) is 2.47. The zero-order chi connectivity index (χ0) is 17.8. The van der Waals surface area contributed by atoms with Crippen LogP contribution in [0, 0.1) is 0 Å². The third-order valence-electron chi connectivity index (χ3n) is 5.51. The third kappa shape index (κ3) is 3.88. The number of hydrogen-bond acceptors (Lipinski definition) is 3. The summed E-state index contributed by atoms with van der Waals surface area (Å²) in [4.78, 5) is 21.3. The summed E-state index contributed by atoms with van der Waals surface area (Å²) in [6.07, 6.45) is 5.07. The summed E-state index contributed by atoms with van der Waals surface area (Å²) >= 11 is 0. The van der Waals surface area contributed by atoms with Gasteiger partial charge in [0.05, 0.1) is 12.2 Å². The van der Waals surface area contributed by atoms with Crippen LogP contribution in [0.4, 0.5) is 4.79 Å². The average Bonchev–Trinajstić information content (AvgIpc) is 2.96. The summed E-state index contributed by atoms with van der Waals surface area (Å²) in [6, 6.07) is 15.1. The van der Waals surface area contributed by atoms with Crippen LogP contribution in [0.25, 0.3) is 0 Å². The van der Waals surface area contributed by atoms with Crippen LogP contribution in [-0.2, 0) is 19.4 Å². The van der Waals surface area contributed by atoms with Crippen LogP contribution in [0.3, 0.4) is 0 Å². The van der Waals surface area contributed by atoms with Crippen LogP contribution < -0.4 is 5.32 Å². The predicted molar refractivity (Wildman–Crippen MR) is 102 cm³/mol. The van der Waals surface area contributed by atoms with Crippen molar-refractivity contribution in [1.29, 1.82) is 0 Å².